The third-order valence-electron chi connectivity index (χ3n) is 6.44. The first-order valence-electron chi connectivity index (χ1n) is 11.0. The maximum Gasteiger partial charge on any atom is 0.243 e. The average molecular weight is 453 g/mol. The number of aliphatic hydroxyl groups is 1. The molecule has 0 bridgehead atoms. The molecule has 0 unspecified atom stereocenters. The van der Waals surface area contributed by atoms with Crippen molar-refractivity contribution < 1.29 is 24.3 Å². The number of hydrazine groups is 1. The molecule has 11 heteroatoms. The number of amides is 2. The predicted molar refractivity (Wildman–Crippen MR) is 115 cm³/mol. The molecule has 1 aliphatic heterocycles. The fourth-order valence-electron chi connectivity index (χ4n) is 4.52. The smallest absolute Gasteiger partial charge is 0.243 e. The number of β-amino-alcohol motifs (C(OH)–C–C–N with tert-alkyl or cyclic N) is 1. The van der Waals surface area contributed by atoms with E-state index in [1.54, 1.807) is 11.8 Å². The van der Waals surface area contributed by atoms with Crippen molar-refractivity contribution >= 4 is 24.0 Å². The summed E-state index contributed by atoms with van der Waals surface area (Å²) in [7, 11) is 0. The maximum atomic E-state index is 15.2. The van der Waals surface area contributed by atoms with Gasteiger partial charge in [-0.3, -0.25) is 25.6 Å². The standard InChI is InChI=1S/C21H33FN6O4/c1-13-23-18(17(22)19(24-13)27-10-16(30)21(2,3)11-27)25-26-20(31)15(9-28(32)12-29)8-14-6-4-5-7-14/h12,14-16,30,32H,4-11H2,1-3H3,(H,26,31)(H,23,24,25)/t15-,16+/m0/s1. The molecule has 2 amide bonds. The number of aliphatic hydroxyl groups excluding tert-OH is 1. The van der Waals surface area contributed by atoms with Crippen LogP contribution in [0, 0.1) is 30.0 Å². The number of anilines is 2. The van der Waals surface area contributed by atoms with Crippen LogP contribution < -0.4 is 15.8 Å². The zero-order chi connectivity index (χ0) is 23.5. The number of nitrogens with one attached hydrogen (secondary N) is 2. The van der Waals surface area contributed by atoms with Gasteiger partial charge in [0.15, 0.2) is 11.6 Å². The van der Waals surface area contributed by atoms with Crippen LogP contribution in [-0.2, 0) is 9.59 Å². The minimum atomic E-state index is -0.732. The molecule has 2 fully saturated rings. The molecule has 4 N–H and O–H groups in total. The molecule has 1 aliphatic carbocycles. The molecule has 178 valence electrons. The summed E-state index contributed by atoms with van der Waals surface area (Å²) in [6.07, 6.45) is 4.37. The topological polar surface area (TPSA) is 131 Å². The van der Waals surface area contributed by atoms with Gasteiger partial charge in [0.2, 0.25) is 18.1 Å². The second-order valence-electron chi connectivity index (χ2n) is 9.57. The first kappa shape index (κ1) is 24.1. The fraction of sp³-hybridized carbons (Fsp3) is 0.714. The Kier molecular flexibility index (Phi) is 7.50. The van der Waals surface area contributed by atoms with Gasteiger partial charge in [0, 0.05) is 18.5 Å². The number of hydrogen-bond donors (Lipinski definition) is 4. The third-order valence-corrected chi connectivity index (χ3v) is 6.44. The number of hydroxylamine groups is 2. The number of carbonyl (C=O) groups is 2. The van der Waals surface area contributed by atoms with Crippen molar-refractivity contribution in [1.29, 1.82) is 0 Å². The average Bonchev–Trinajstić information content (AvgIpc) is 3.34. The molecule has 3 rings (SSSR count). The SMILES string of the molecule is Cc1nc(NNC(=O)[C@@H](CC2CCCC2)CN(O)C=O)c(F)c(N2C[C@@H](O)C(C)(C)C2)n1. The van der Waals surface area contributed by atoms with Crippen LogP contribution in [0.2, 0.25) is 0 Å². The van der Waals surface area contributed by atoms with Crippen LogP contribution in [0.25, 0.3) is 0 Å². The van der Waals surface area contributed by atoms with Gasteiger partial charge in [-0.2, -0.15) is 4.39 Å². The largest absolute Gasteiger partial charge is 0.391 e. The first-order chi connectivity index (χ1) is 15.1. The van der Waals surface area contributed by atoms with Gasteiger partial charge in [-0.25, -0.2) is 15.0 Å². The van der Waals surface area contributed by atoms with Crippen LogP contribution in [0.3, 0.4) is 0 Å². The monoisotopic (exact) mass is 452 g/mol. The number of halogens is 1. The molecule has 0 radical (unpaired) electrons. The molecule has 2 atom stereocenters. The molecule has 32 heavy (non-hydrogen) atoms. The van der Waals surface area contributed by atoms with Gasteiger partial charge < -0.3 is 10.0 Å². The van der Waals surface area contributed by atoms with Gasteiger partial charge in [-0.05, 0) is 19.3 Å². The lowest BCUT2D eigenvalue weighted by Crippen LogP contribution is -2.41. The number of rotatable bonds is 9. The molecule has 0 aromatic carbocycles. The van der Waals surface area contributed by atoms with E-state index in [4.69, 9.17) is 0 Å². The Morgan fingerprint density at radius 2 is 2.06 bits per heavy atom. The van der Waals surface area contributed by atoms with Crippen LogP contribution >= 0.6 is 0 Å². The quantitative estimate of drug-likeness (QED) is 0.253. The second kappa shape index (κ2) is 9.95. The van der Waals surface area contributed by atoms with Gasteiger partial charge in [-0.1, -0.05) is 39.5 Å². The zero-order valence-corrected chi connectivity index (χ0v) is 18.8. The van der Waals surface area contributed by atoms with E-state index in [2.05, 4.69) is 20.8 Å². The van der Waals surface area contributed by atoms with Crippen molar-refractivity contribution in [3.63, 3.8) is 0 Å². The van der Waals surface area contributed by atoms with Gasteiger partial charge in [-0.15, -0.1) is 0 Å². The number of aromatic nitrogens is 2. The van der Waals surface area contributed by atoms with Crippen LogP contribution in [-0.4, -0.2) is 63.4 Å². The van der Waals surface area contributed by atoms with Crippen LogP contribution in [0.5, 0.6) is 0 Å². The third kappa shape index (κ3) is 5.63. The van der Waals surface area contributed by atoms with E-state index in [0.29, 0.717) is 29.8 Å². The molecule has 2 aliphatic rings. The molecule has 10 nitrogen and oxygen atoms in total. The Labute approximate surface area is 187 Å². The number of nitrogens with zero attached hydrogens (tertiary/aromatic N) is 4. The van der Waals surface area contributed by atoms with E-state index in [9.17, 15) is 19.9 Å². The highest BCUT2D eigenvalue weighted by atomic mass is 19.1. The summed E-state index contributed by atoms with van der Waals surface area (Å²) in [6, 6.07) is 0. The summed E-state index contributed by atoms with van der Waals surface area (Å²) >= 11 is 0. The summed E-state index contributed by atoms with van der Waals surface area (Å²) in [5.74, 6) is -1.32. The molecule has 2 heterocycles. The zero-order valence-electron chi connectivity index (χ0n) is 18.8. The van der Waals surface area contributed by atoms with Crippen molar-refractivity contribution in [3.8, 4) is 0 Å². The lowest BCUT2D eigenvalue weighted by Gasteiger charge is -2.24. The Bertz CT molecular complexity index is 833. The first-order valence-corrected chi connectivity index (χ1v) is 11.0. The van der Waals surface area contributed by atoms with E-state index in [0.717, 1.165) is 25.7 Å². The summed E-state index contributed by atoms with van der Waals surface area (Å²) in [5, 5.41) is 20.3. The van der Waals surface area contributed by atoms with Crippen LogP contribution in [0.15, 0.2) is 0 Å². The van der Waals surface area contributed by atoms with Crippen molar-refractivity contribution in [2.45, 2.75) is 59.0 Å². The molecule has 1 aromatic rings. The van der Waals surface area contributed by atoms with Crippen LogP contribution in [0.4, 0.5) is 16.0 Å². The van der Waals surface area contributed by atoms with Crippen molar-refractivity contribution in [3.05, 3.63) is 11.6 Å². The van der Waals surface area contributed by atoms with Gasteiger partial charge in [0.1, 0.15) is 5.82 Å². The van der Waals surface area contributed by atoms with Gasteiger partial charge in [0.05, 0.1) is 18.6 Å². The lowest BCUT2D eigenvalue weighted by molar-refractivity contribution is -0.154. The highest BCUT2D eigenvalue weighted by Crippen LogP contribution is 2.34. The van der Waals surface area contributed by atoms with Crippen molar-refractivity contribution in [1.82, 2.24) is 20.5 Å². The van der Waals surface area contributed by atoms with E-state index in [-0.39, 0.29) is 31.1 Å². The van der Waals surface area contributed by atoms with E-state index < -0.39 is 29.2 Å². The molecular formula is C21H33FN6O4. The van der Waals surface area contributed by atoms with E-state index in [1.807, 2.05) is 13.8 Å². The lowest BCUT2D eigenvalue weighted by atomic mass is 9.90. The molecule has 0 spiro atoms. The van der Waals surface area contributed by atoms with Crippen LogP contribution in [0.1, 0.15) is 51.8 Å². The normalized spacial score (nSPS) is 21.4. The maximum absolute atomic E-state index is 15.2. The van der Waals surface area contributed by atoms with Gasteiger partial charge in [0.25, 0.3) is 0 Å². The molecule has 1 aromatic heterocycles. The highest BCUT2D eigenvalue weighted by molar-refractivity contribution is 5.80. The minimum absolute atomic E-state index is 0.0591. The van der Waals surface area contributed by atoms with Gasteiger partial charge >= 0.3 is 0 Å². The highest BCUT2D eigenvalue weighted by Gasteiger charge is 2.40. The Balaban J connectivity index is 1.71. The number of hydrogen-bond acceptors (Lipinski definition) is 8. The Morgan fingerprint density at radius 1 is 1.38 bits per heavy atom. The van der Waals surface area contributed by atoms with Crippen molar-refractivity contribution in [2.75, 3.05) is 30.0 Å². The second-order valence-corrected chi connectivity index (χ2v) is 9.57. The summed E-state index contributed by atoms with van der Waals surface area (Å²) in [6.45, 7) is 5.94. The Morgan fingerprint density at radius 3 is 2.66 bits per heavy atom. The van der Waals surface area contributed by atoms with E-state index in [1.165, 1.54) is 0 Å². The summed E-state index contributed by atoms with van der Waals surface area (Å²) in [4.78, 5) is 33.5. The fourth-order valence-corrected chi connectivity index (χ4v) is 4.52. The number of aryl methyl sites for hydroxylation is 1. The predicted octanol–water partition coefficient (Wildman–Crippen LogP) is 1.62. The van der Waals surface area contributed by atoms with E-state index >= 15 is 4.39 Å². The minimum Gasteiger partial charge on any atom is -0.391 e. The molecule has 1 saturated carbocycles. The van der Waals surface area contributed by atoms with Crippen molar-refractivity contribution in [2.24, 2.45) is 17.3 Å². The summed E-state index contributed by atoms with van der Waals surface area (Å²) < 4.78 is 15.2. The summed E-state index contributed by atoms with van der Waals surface area (Å²) in [5.41, 5.74) is 4.61. The Hall–Kier alpha value is -2.53. The number of carbonyl (C=O) groups excluding carboxylic acids is 2. The molecule has 1 saturated heterocycles. The molecular weight excluding hydrogens is 419 g/mol.